The molecule has 0 bridgehead atoms. The Labute approximate surface area is 158 Å². The highest BCUT2D eigenvalue weighted by Gasteiger charge is 2.24. The molecule has 0 aliphatic carbocycles. The van der Waals surface area contributed by atoms with E-state index in [0.29, 0.717) is 17.7 Å². The van der Waals surface area contributed by atoms with Crippen molar-refractivity contribution < 1.29 is 24.3 Å². The molecule has 8 heteroatoms. The Balaban J connectivity index is 2.82. The molecule has 2 atom stereocenters. The maximum Gasteiger partial charge on any atom is 0.251 e. The molecule has 8 nitrogen and oxygen atoms in total. The van der Waals surface area contributed by atoms with Crippen LogP contribution in [0.15, 0.2) is 24.3 Å². The zero-order valence-corrected chi connectivity index (χ0v) is 15.1. The monoisotopic (exact) mass is 373 g/mol. The summed E-state index contributed by atoms with van der Waals surface area (Å²) < 4.78 is 10.5. The molecule has 1 aromatic rings. The summed E-state index contributed by atoms with van der Waals surface area (Å²) in [4.78, 5) is 24.2. The van der Waals surface area contributed by atoms with Gasteiger partial charge in [0.25, 0.3) is 5.91 Å². The molecule has 1 aromatic carbocycles. The van der Waals surface area contributed by atoms with E-state index in [1.54, 1.807) is 5.48 Å². The highest BCUT2D eigenvalue weighted by atomic mass is 16.7. The summed E-state index contributed by atoms with van der Waals surface area (Å²) >= 11 is 0. The van der Waals surface area contributed by atoms with Crippen LogP contribution in [0.4, 0.5) is 0 Å². The first-order chi connectivity index (χ1) is 13.0. The summed E-state index contributed by atoms with van der Waals surface area (Å²) in [6.07, 6.45) is 5.55. The third-order valence-electron chi connectivity index (χ3n) is 3.72. The number of terminal acetylenes is 1. The lowest BCUT2D eigenvalue weighted by atomic mass is 9.96. The molecule has 0 spiro atoms. The fourth-order valence-electron chi connectivity index (χ4n) is 2.33. The number of carbonyl (C=O) groups is 2. The highest BCUT2D eigenvalue weighted by molar-refractivity contribution is 5.94. The lowest BCUT2D eigenvalue weighted by molar-refractivity contribution is -0.133. The van der Waals surface area contributed by atoms with Gasteiger partial charge >= 0.3 is 0 Å². The van der Waals surface area contributed by atoms with Crippen molar-refractivity contribution in [3.63, 3.8) is 0 Å². The van der Waals surface area contributed by atoms with E-state index in [9.17, 15) is 9.59 Å². The predicted molar refractivity (Wildman–Crippen MR) is 96.3 cm³/mol. The number of nitrogens with one attached hydrogen (secondary N) is 2. The van der Waals surface area contributed by atoms with E-state index in [-0.39, 0.29) is 32.1 Å². The summed E-state index contributed by atoms with van der Waals surface area (Å²) in [5.41, 5.74) is 2.39. The molecule has 0 saturated heterocycles. The zero-order valence-electron chi connectivity index (χ0n) is 15.1. The fourth-order valence-corrected chi connectivity index (χ4v) is 2.33. The van der Waals surface area contributed by atoms with Gasteiger partial charge in [-0.15, -0.1) is 12.3 Å². The van der Waals surface area contributed by atoms with Crippen molar-refractivity contribution >= 4 is 11.8 Å². The van der Waals surface area contributed by atoms with E-state index in [4.69, 9.17) is 26.4 Å². The Morgan fingerprint density at radius 1 is 1.30 bits per heavy atom. The van der Waals surface area contributed by atoms with E-state index in [1.165, 1.54) is 24.3 Å². The van der Waals surface area contributed by atoms with Crippen LogP contribution in [0.25, 0.3) is 0 Å². The molecule has 0 fully saturated rings. The maximum atomic E-state index is 12.5. The summed E-state index contributed by atoms with van der Waals surface area (Å²) in [6.45, 7) is 2.45. The van der Waals surface area contributed by atoms with E-state index in [2.05, 4.69) is 11.2 Å². The van der Waals surface area contributed by atoms with Crippen molar-refractivity contribution in [1.82, 2.24) is 10.8 Å². The van der Waals surface area contributed by atoms with Gasteiger partial charge in [-0.25, -0.2) is 5.48 Å². The smallest absolute Gasteiger partial charge is 0.251 e. The molecule has 0 aliphatic rings. The van der Waals surface area contributed by atoms with Gasteiger partial charge in [0.2, 0.25) is 5.91 Å². The van der Waals surface area contributed by atoms with Crippen LogP contribution in [0.2, 0.25) is 0 Å². The number of hydroxylamine groups is 1. The topological polar surface area (TPSA) is 121 Å². The Hall–Kier alpha value is -2.91. The molecule has 2 amide bonds. The number of amides is 2. The lowest BCUT2D eigenvalue weighted by Crippen LogP contribution is -2.42. The number of nitrogens with zero attached hydrogens (tertiary/aromatic N) is 1. The second-order valence-corrected chi connectivity index (χ2v) is 5.66. The molecule has 0 heterocycles. The van der Waals surface area contributed by atoms with Crippen LogP contribution >= 0.6 is 0 Å². The van der Waals surface area contributed by atoms with Crippen LogP contribution in [-0.2, 0) is 14.3 Å². The van der Waals surface area contributed by atoms with Crippen molar-refractivity contribution in [3.8, 4) is 18.4 Å². The van der Waals surface area contributed by atoms with Gasteiger partial charge in [-0.05, 0) is 37.6 Å². The largest absolute Gasteiger partial charge is 0.356 e. The van der Waals surface area contributed by atoms with Crippen LogP contribution in [0.1, 0.15) is 35.7 Å². The standard InChI is InChI=1S/C19H23N3O5/c1-3-5-16(19(24)22-25)10-17(12-27-13-26-4-2)21-18(23)15-8-6-14(11-20)7-9-15/h1,6-9,16-17,25H,4-5,10,12-13H2,2H3,(H,21,23)(H,22,24). The number of hydrogen-bond donors (Lipinski definition) is 3. The maximum absolute atomic E-state index is 12.5. The van der Waals surface area contributed by atoms with E-state index >= 15 is 0 Å². The van der Waals surface area contributed by atoms with Gasteiger partial charge in [0, 0.05) is 18.6 Å². The van der Waals surface area contributed by atoms with Crippen molar-refractivity contribution in [1.29, 1.82) is 5.26 Å². The molecular weight excluding hydrogens is 350 g/mol. The SMILES string of the molecule is C#CCC(CC(COCOCC)NC(=O)c1ccc(C#N)cc1)C(=O)NO. The summed E-state index contributed by atoms with van der Waals surface area (Å²) in [5, 5.41) is 20.5. The van der Waals surface area contributed by atoms with Crippen molar-refractivity contribution in [3.05, 3.63) is 35.4 Å². The number of nitriles is 1. The average Bonchev–Trinajstić information content (AvgIpc) is 2.70. The van der Waals surface area contributed by atoms with E-state index in [1.807, 2.05) is 13.0 Å². The zero-order chi connectivity index (χ0) is 20.1. The van der Waals surface area contributed by atoms with Gasteiger partial charge in [0.1, 0.15) is 6.79 Å². The number of ether oxygens (including phenoxy) is 2. The Kier molecular flexibility index (Phi) is 10.2. The van der Waals surface area contributed by atoms with Crippen molar-refractivity contribution in [2.75, 3.05) is 20.0 Å². The van der Waals surface area contributed by atoms with Crippen molar-refractivity contribution in [2.45, 2.75) is 25.8 Å². The number of hydrogen-bond acceptors (Lipinski definition) is 6. The van der Waals surface area contributed by atoms with Crippen LogP contribution in [0.3, 0.4) is 0 Å². The molecule has 0 radical (unpaired) electrons. The van der Waals surface area contributed by atoms with Gasteiger partial charge in [0.15, 0.2) is 0 Å². The van der Waals surface area contributed by atoms with Crippen LogP contribution < -0.4 is 10.8 Å². The van der Waals surface area contributed by atoms with Gasteiger partial charge < -0.3 is 14.8 Å². The third kappa shape index (κ3) is 7.89. The first-order valence-electron chi connectivity index (χ1n) is 8.39. The van der Waals surface area contributed by atoms with Crippen LogP contribution in [-0.4, -0.2) is 43.1 Å². The second kappa shape index (κ2) is 12.4. The Morgan fingerprint density at radius 2 is 2.00 bits per heavy atom. The molecule has 0 aromatic heterocycles. The average molecular weight is 373 g/mol. The quantitative estimate of drug-likeness (QED) is 0.176. The summed E-state index contributed by atoms with van der Waals surface area (Å²) in [6, 6.07) is 7.58. The Morgan fingerprint density at radius 3 is 2.56 bits per heavy atom. The molecular formula is C19H23N3O5. The number of carbonyl (C=O) groups excluding carboxylic acids is 2. The number of rotatable bonds is 11. The molecule has 1 rings (SSSR count). The van der Waals surface area contributed by atoms with Gasteiger partial charge in [-0.1, -0.05) is 0 Å². The third-order valence-corrected chi connectivity index (χ3v) is 3.72. The summed E-state index contributed by atoms with van der Waals surface area (Å²) in [5.74, 6) is 0.679. The fraction of sp³-hybridized carbons (Fsp3) is 0.421. The minimum atomic E-state index is -0.693. The van der Waals surface area contributed by atoms with E-state index < -0.39 is 17.9 Å². The minimum absolute atomic E-state index is 0.0474. The molecule has 144 valence electrons. The van der Waals surface area contributed by atoms with E-state index in [0.717, 1.165) is 0 Å². The molecule has 3 N–H and O–H groups in total. The van der Waals surface area contributed by atoms with Gasteiger partial charge in [0.05, 0.1) is 30.2 Å². The second-order valence-electron chi connectivity index (χ2n) is 5.66. The Bertz CT molecular complexity index is 691. The molecule has 27 heavy (non-hydrogen) atoms. The molecule has 2 unspecified atom stereocenters. The number of benzene rings is 1. The van der Waals surface area contributed by atoms with Crippen LogP contribution in [0, 0.1) is 29.6 Å². The highest BCUT2D eigenvalue weighted by Crippen LogP contribution is 2.13. The summed E-state index contributed by atoms with van der Waals surface area (Å²) in [7, 11) is 0. The predicted octanol–water partition coefficient (Wildman–Crippen LogP) is 1.20. The minimum Gasteiger partial charge on any atom is -0.356 e. The van der Waals surface area contributed by atoms with Gasteiger partial charge in [-0.3, -0.25) is 14.8 Å². The first kappa shape index (κ1) is 22.1. The molecule has 0 saturated carbocycles. The molecule has 0 aliphatic heterocycles. The first-order valence-corrected chi connectivity index (χ1v) is 8.39. The lowest BCUT2D eigenvalue weighted by Gasteiger charge is -2.22. The normalized spacial score (nSPS) is 12.3. The van der Waals surface area contributed by atoms with Crippen LogP contribution in [0.5, 0.6) is 0 Å². The van der Waals surface area contributed by atoms with Crippen molar-refractivity contribution in [2.24, 2.45) is 5.92 Å². The van der Waals surface area contributed by atoms with Gasteiger partial charge in [-0.2, -0.15) is 5.26 Å².